The lowest BCUT2D eigenvalue weighted by molar-refractivity contribution is -0.139. The summed E-state index contributed by atoms with van der Waals surface area (Å²) in [5.74, 6) is 0.359. The van der Waals surface area contributed by atoms with E-state index in [2.05, 4.69) is 45.3 Å². The summed E-state index contributed by atoms with van der Waals surface area (Å²) >= 11 is 3.61. The number of aromatic nitrogens is 1. The van der Waals surface area contributed by atoms with Gasteiger partial charge in [-0.25, -0.2) is 0 Å². The molecule has 4 rings (SSSR count). The van der Waals surface area contributed by atoms with E-state index >= 15 is 0 Å². The fraction of sp³-hybridized carbons (Fsp3) is 0.250. The molecular weight excluding hydrogens is 508 g/mol. The number of benzene rings is 3. The van der Waals surface area contributed by atoms with Crippen molar-refractivity contribution in [3.63, 3.8) is 0 Å². The number of aliphatic carboxylic acids is 1. The van der Waals surface area contributed by atoms with E-state index in [-0.39, 0.29) is 0 Å². The lowest BCUT2D eigenvalue weighted by Gasteiger charge is -2.18. The van der Waals surface area contributed by atoms with E-state index in [1.807, 2.05) is 61.7 Å². The molecule has 0 aliphatic rings. The number of H-pyrrole nitrogens is 1. The number of halogens is 1. The van der Waals surface area contributed by atoms with Gasteiger partial charge < -0.3 is 24.9 Å². The second kappa shape index (κ2) is 11.4. The summed E-state index contributed by atoms with van der Waals surface area (Å²) in [5.41, 5.74) is 5.12. The Hall–Kier alpha value is -3.29. The van der Waals surface area contributed by atoms with Crippen LogP contribution >= 0.6 is 15.9 Å². The molecule has 182 valence electrons. The Bertz CT molecular complexity index is 1320. The molecule has 0 radical (unpaired) electrons. The number of hydrogen-bond donors (Lipinski definition) is 3. The van der Waals surface area contributed by atoms with Gasteiger partial charge in [0, 0.05) is 30.1 Å². The molecule has 6 nitrogen and oxygen atoms in total. The molecule has 7 heteroatoms. The number of carboxylic acids is 1. The molecule has 1 heterocycles. The molecule has 0 saturated heterocycles. The highest BCUT2D eigenvalue weighted by Gasteiger charge is 2.20. The molecule has 0 aliphatic heterocycles. The largest absolute Gasteiger partial charge is 0.490 e. The maximum absolute atomic E-state index is 12.0. The summed E-state index contributed by atoms with van der Waals surface area (Å²) in [7, 11) is 0. The number of hydrogen-bond acceptors (Lipinski definition) is 4. The number of nitrogens with one attached hydrogen (secondary N) is 2. The second-order valence-corrected chi connectivity index (χ2v) is 9.31. The first-order chi connectivity index (χ1) is 16.9. The van der Waals surface area contributed by atoms with Crippen molar-refractivity contribution >= 4 is 32.8 Å². The standard InChI is InChI=1S/C28H29BrN2O4/c1-3-34-26-13-20(12-23(29)27(26)35-17-19-8-6-7-18(2)11-19)15-30-25(28(32)33)14-21-16-31-24-10-5-4-9-22(21)24/h4-13,16,25,30-31H,3,14-15,17H2,1-2H3,(H,32,33)/t25-/m0/s1. The van der Waals surface area contributed by atoms with E-state index < -0.39 is 12.0 Å². The van der Waals surface area contributed by atoms with Crippen LogP contribution in [0.3, 0.4) is 0 Å². The number of carbonyl (C=O) groups is 1. The maximum atomic E-state index is 12.0. The van der Waals surface area contributed by atoms with E-state index in [1.54, 1.807) is 0 Å². The molecule has 35 heavy (non-hydrogen) atoms. The minimum absolute atomic E-state index is 0.371. The van der Waals surface area contributed by atoms with Gasteiger partial charge in [-0.05, 0) is 64.7 Å². The Balaban J connectivity index is 1.47. The van der Waals surface area contributed by atoms with Gasteiger partial charge in [-0.15, -0.1) is 0 Å². The molecule has 4 aromatic rings. The van der Waals surface area contributed by atoms with Gasteiger partial charge in [-0.3, -0.25) is 4.79 Å². The fourth-order valence-corrected chi connectivity index (χ4v) is 4.70. The SMILES string of the molecule is CCOc1cc(CN[C@@H](Cc2c[nH]c3ccccc23)C(=O)O)cc(Br)c1OCc1cccc(C)c1. The highest BCUT2D eigenvalue weighted by molar-refractivity contribution is 9.10. The monoisotopic (exact) mass is 536 g/mol. The Morgan fingerprint density at radius 2 is 1.91 bits per heavy atom. The minimum atomic E-state index is -0.891. The van der Waals surface area contributed by atoms with Crippen LogP contribution in [0.25, 0.3) is 10.9 Å². The third kappa shape index (κ3) is 6.24. The van der Waals surface area contributed by atoms with Crippen molar-refractivity contribution in [2.45, 2.75) is 39.5 Å². The van der Waals surface area contributed by atoms with Crippen LogP contribution in [0.2, 0.25) is 0 Å². The molecule has 0 saturated carbocycles. The summed E-state index contributed by atoms with van der Waals surface area (Å²) in [6, 6.07) is 19.2. The van der Waals surface area contributed by atoms with Gasteiger partial charge in [0.05, 0.1) is 11.1 Å². The second-order valence-electron chi connectivity index (χ2n) is 8.45. The molecule has 0 fully saturated rings. The average molecular weight is 537 g/mol. The van der Waals surface area contributed by atoms with Gasteiger partial charge in [0.25, 0.3) is 0 Å². The van der Waals surface area contributed by atoms with Crippen LogP contribution in [0.1, 0.15) is 29.2 Å². The summed E-state index contributed by atoms with van der Waals surface area (Å²) in [5, 5.41) is 14.1. The number of aromatic amines is 1. The third-order valence-electron chi connectivity index (χ3n) is 5.78. The number of carboxylic acid groups (broad SMARTS) is 1. The van der Waals surface area contributed by atoms with Crippen LogP contribution in [0.4, 0.5) is 0 Å². The number of rotatable bonds is 11. The van der Waals surface area contributed by atoms with Crippen LogP contribution in [0, 0.1) is 6.92 Å². The Labute approximate surface area is 213 Å². The first-order valence-electron chi connectivity index (χ1n) is 11.6. The summed E-state index contributed by atoms with van der Waals surface area (Å²) in [6.07, 6.45) is 2.25. The maximum Gasteiger partial charge on any atom is 0.321 e. The molecular formula is C28H29BrN2O4. The normalized spacial score (nSPS) is 12.0. The zero-order chi connectivity index (χ0) is 24.8. The lowest BCUT2D eigenvalue weighted by atomic mass is 10.0. The number of fused-ring (bicyclic) bond motifs is 1. The topological polar surface area (TPSA) is 83.6 Å². The Morgan fingerprint density at radius 1 is 1.09 bits per heavy atom. The van der Waals surface area contributed by atoms with E-state index in [0.717, 1.165) is 32.1 Å². The van der Waals surface area contributed by atoms with Crippen LogP contribution < -0.4 is 14.8 Å². The van der Waals surface area contributed by atoms with Crippen molar-refractivity contribution < 1.29 is 19.4 Å². The first-order valence-corrected chi connectivity index (χ1v) is 12.4. The van der Waals surface area contributed by atoms with Gasteiger partial charge in [-0.1, -0.05) is 48.0 Å². The molecule has 3 aromatic carbocycles. The summed E-state index contributed by atoms with van der Waals surface area (Å²) in [6.45, 7) is 5.25. The van der Waals surface area contributed by atoms with Crippen LogP contribution in [0.15, 0.2) is 71.3 Å². The zero-order valence-corrected chi connectivity index (χ0v) is 21.4. The Morgan fingerprint density at radius 3 is 2.69 bits per heavy atom. The van der Waals surface area contributed by atoms with Crippen molar-refractivity contribution in [3.05, 3.63) is 93.6 Å². The predicted octanol–water partition coefficient (Wildman–Crippen LogP) is 6.00. The van der Waals surface area contributed by atoms with Crippen molar-refractivity contribution in [3.8, 4) is 11.5 Å². The van der Waals surface area contributed by atoms with Crippen LogP contribution in [-0.2, 0) is 24.4 Å². The van der Waals surface area contributed by atoms with Gasteiger partial charge in [0.15, 0.2) is 11.5 Å². The molecule has 1 atom stereocenters. The summed E-state index contributed by atoms with van der Waals surface area (Å²) < 4.78 is 12.7. The first kappa shape index (κ1) is 24.8. The van der Waals surface area contributed by atoms with Gasteiger partial charge >= 0.3 is 5.97 Å². The molecule has 1 aromatic heterocycles. The predicted molar refractivity (Wildman–Crippen MR) is 141 cm³/mol. The summed E-state index contributed by atoms with van der Waals surface area (Å²) in [4.78, 5) is 15.2. The molecule has 0 bridgehead atoms. The highest BCUT2D eigenvalue weighted by Crippen LogP contribution is 2.37. The Kier molecular flexibility index (Phi) is 8.10. The highest BCUT2D eigenvalue weighted by atomic mass is 79.9. The van der Waals surface area contributed by atoms with E-state index in [1.165, 1.54) is 5.56 Å². The zero-order valence-electron chi connectivity index (χ0n) is 19.8. The minimum Gasteiger partial charge on any atom is -0.490 e. The molecule has 0 aliphatic carbocycles. The van der Waals surface area contributed by atoms with E-state index in [9.17, 15) is 9.90 Å². The third-order valence-corrected chi connectivity index (χ3v) is 6.37. The lowest BCUT2D eigenvalue weighted by Crippen LogP contribution is -2.38. The smallest absolute Gasteiger partial charge is 0.321 e. The van der Waals surface area contributed by atoms with E-state index in [4.69, 9.17) is 9.47 Å². The fourth-order valence-electron chi connectivity index (χ4n) is 4.09. The van der Waals surface area contributed by atoms with Crippen LogP contribution in [-0.4, -0.2) is 28.7 Å². The van der Waals surface area contributed by atoms with Crippen molar-refractivity contribution in [1.82, 2.24) is 10.3 Å². The number of ether oxygens (including phenoxy) is 2. The van der Waals surface area contributed by atoms with Gasteiger partial charge in [0.1, 0.15) is 12.6 Å². The molecule has 0 spiro atoms. The van der Waals surface area contributed by atoms with E-state index in [0.29, 0.717) is 37.7 Å². The molecule has 3 N–H and O–H groups in total. The molecule has 0 unspecified atom stereocenters. The van der Waals surface area contributed by atoms with Gasteiger partial charge in [0.2, 0.25) is 0 Å². The van der Waals surface area contributed by atoms with Gasteiger partial charge in [-0.2, -0.15) is 0 Å². The van der Waals surface area contributed by atoms with Crippen LogP contribution in [0.5, 0.6) is 11.5 Å². The quantitative estimate of drug-likeness (QED) is 0.219. The molecule has 0 amide bonds. The average Bonchev–Trinajstić information content (AvgIpc) is 3.24. The van der Waals surface area contributed by atoms with Crippen molar-refractivity contribution in [1.29, 1.82) is 0 Å². The number of para-hydroxylation sites is 1. The number of aryl methyl sites for hydroxylation is 1. The van der Waals surface area contributed by atoms with Crippen molar-refractivity contribution in [2.24, 2.45) is 0 Å². The van der Waals surface area contributed by atoms with Crippen molar-refractivity contribution in [2.75, 3.05) is 6.61 Å².